The molecule has 0 aliphatic rings. The summed E-state index contributed by atoms with van der Waals surface area (Å²) >= 11 is 6.07. The number of aryl methyl sites for hydroxylation is 1. The zero-order valence-electron chi connectivity index (χ0n) is 24.9. The van der Waals surface area contributed by atoms with E-state index in [0.29, 0.717) is 23.1 Å². The average Bonchev–Trinajstić information content (AvgIpc) is 3.03. The molecule has 1 N–H and O–H groups in total. The molecule has 0 aliphatic heterocycles. The Kier molecular flexibility index (Phi) is 11.0. The number of anilines is 1. The van der Waals surface area contributed by atoms with Gasteiger partial charge in [-0.25, -0.2) is 8.42 Å². The molecule has 4 rings (SSSR count). The fourth-order valence-electron chi connectivity index (χ4n) is 4.44. The van der Waals surface area contributed by atoms with Crippen LogP contribution in [-0.2, 0) is 26.2 Å². The standard InChI is InChI=1S/C34H36ClN3O5S/c1-4-22-36-34(40)26(3)37(23-27-12-14-28(35)15-13-27)33(39)24-38(44(41,42)32-20-10-25(2)11-21-32)29-16-18-31(19-17-29)43-30-8-6-5-7-9-30/h5-21,26H,4,22-24H2,1-3H3,(H,36,40). The molecule has 0 radical (unpaired) electrons. The molecule has 0 aromatic heterocycles. The van der Waals surface area contributed by atoms with Crippen molar-refractivity contribution in [3.63, 3.8) is 0 Å². The van der Waals surface area contributed by atoms with Crippen molar-refractivity contribution in [2.45, 2.75) is 44.7 Å². The van der Waals surface area contributed by atoms with Crippen molar-refractivity contribution in [3.05, 3.63) is 119 Å². The maximum absolute atomic E-state index is 14.0. The lowest BCUT2D eigenvalue weighted by molar-refractivity contribution is -0.139. The number of benzene rings is 4. The number of para-hydroxylation sites is 1. The summed E-state index contributed by atoms with van der Waals surface area (Å²) in [6.07, 6.45) is 0.732. The molecule has 4 aromatic rings. The molecule has 0 heterocycles. The van der Waals surface area contributed by atoms with E-state index in [1.165, 1.54) is 17.0 Å². The minimum atomic E-state index is -4.18. The Bertz CT molecular complexity index is 1650. The van der Waals surface area contributed by atoms with Crippen LogP contribution in [0.25, 0.3) is 0 Å². The van der Waals surface area contributed by atoms with Gasteiger partial charge in [0, 0.05) is 18.1 Å². The number of hydrogen-bond acceptors (Lipinski definition) is 5. The number of halogens is 1. The summed E-state index contributed by atoms with van der Waals surface area (Å²) in [4.78, 5) is 28.5. The van der Waals surface area contributed by atoms with Crippen molar-refractivity contribution < 1.29 is 22.7 Å². The van der Waals surface area contributed by atoms with Crippen LogP contribution in [0.1, 0.15) is 31.4 Å². The van der Waals surface area contributed by atoms with Gasteiger partial charge in [0.15, 0.2) is 0 Å². The number of nitrogens with one attached hydrogen (secondary N) is 1. The summed E-state index contributed by atoms with van der Waals surface area (Å²) in [5.41, 5.74) is 1.91. The van der Waals surface area contributed by atoms with Gasteiger partial charge in [-0.1, -0.05) is 66.6 Å². The summed E-state index contributed by atoms with van der Waals surface area (Å²) in [6.45, 7) is 5.44. The molecule has 0 saturated carbocycles. The molecule has 1 unspecified atom stereocenters. The maximum atomic E-state index is 14.0. The summed E-state index contributed by atoms with van der Waals surface area (Å²) in [7, 11) is -4.18. The highest BCUT2D eigenvalue weighted by Crippen LogP contribution is 2.29. The highest BCUT2D eigenvalue weighted by Gasteiger charge is 2.32. The molecule has 230 valence electrons. The van der Waals surface area contributed by atoms with Crippen LogP contribution in [0.15, 0.2) is 108 Å². The molecule has 4 aromatic carbocycles. The van der Waals surface area contributed by atoms with E-state index in [2.05, 4.69) is 5.32 Å². The van der Waals surface area contributed by atoms with Crippen LogP contribution in [0.5, 0.6) is 11.5 Å². The fourth-order valence-corrected chi connectivity index (χ4v) is 5.98. The number of amides is 2. The second kappa shape index (κ2) is 14.9. The van der Waals surface area contributed by atoms with Crippen molar-refractivity contribution >= 4 is 39.1 Å². The zero-order valence-corrected chi connectivity index (χ0v) is 26.5. The van der Waals surface area contributed by atoms with Gasteiger partial charge in [0.25, 0.3) is 10.0 Å². The Balaban J connectivity index is 1.69. The minimum absolute atomic E-state index is 0.0403. The first kappa shape index (κ1) is 32.6. The Labute approximate surface area is 264 Å². The van der Waals surface area contributed by atoms with Crippen molar-refractivity contribution in [1.29, 1.82) is 0 Å². The van der Waals surface area contributed by atoms with Crippen molar-refractivity contribution in [3.8, 4) is 11.5 Å². The van der Waals surface area contributed by atoms with Crippen molar-refractivity contribution in [2.24, 2.45) is 0 Å². The van der Waals surface area contributed by atoms with E-state index >= 15 is 0 Å². The van der Waals surface area contributed by atoms with Crippen LogP contribution in [0, 0.1) is 6.92 Å². The minimum Gasteiger partial charge on any atom is -0.457 e. The van der Waals surface area contributed by atoms with Crippen molar-refractivity contribution in [1.82, 2.24) is 10.2 Å². The SMILES string of the molecule is CCCNC(=O)C(C)N(Cc1ccc(Cl)cc1)C(=O)CN(c1ccc(Oc2ccccc2)cc1)S(=O)(=O)c1ccc(C)cc1. The van der Waals surface area contributed by atoms with E-state index in [4.69, 9.17) is 16.3 Å². The molecule has 0 saturated heterocycles. The van der Waals surface area contributed by atoms with Gasteiger partial charge in [-0.2, -0.15) is 0 Å². The van der Waals surface area contributed by atoms with Crippen LogP contribution >= 0.6 is 11.6 Å². The first-order valence-electron chi connectivity index (χ1n) is 14.3. The van der Waals surface area contributed by atoms with Crippen molar-refractivity contribution in [2.75, 3.05) is 17.4 Å². The fraction of sp³-hybridized carbons (Fsp3) is 0.235. The van der Waals surface area contributed by atoms with Gasteiger partial charge in [-0.05, 0) is 86.5 Å². The molecule has 0 bridgehead atoms. The number of rotatable bonds is 13. The van der Waals surface area contributed by atoms with Crippen LogP contribution in [0.2, 0.25) is 5.02 Å². The Hall–Kier alpha value is -4.34. The van der Waals surface area contributed by atoms with Crippen LogP contribution < -0.4 is 14.4 Å². The first-order valence-corrected chi connectivity index (χ1v) is 16.1. The third kappa shape index (κ3) is 8.39. The lowest BCUT2D eigenvalue weighted by atomic mass is 10.1. The zero-order chi connectivity index (χ0) is 31.7. The molecular formula is C34H36ClN3O5S. The third-order valence-corrected chi connectivity index (χ3v) is 9.01. The highest BCUT2D eigenvalue weighted by molar-refractivity contribution is 7.92. The van der Waals surface area contributed by atoms with E-state index in [1.807, 2.05) is 44.2 Å². The topological polar surface area (TPSA) is 96.0 Å². The Morgan fingerprint density at radius 2 is 1.48 bits per heavy atom. The number of nitrogens with zero attached hydrogens (tertiary/aromatic N) is 2. The first-order chi connectivity index (χ1) is 21.1. The van der Waals surface area contributed by atoms with Gasteiger partial charge < -0.3 is 15.0 Å². The predicted molar refractivity (Wildman–Crippen MR) is 173 cm³/mol. The smallest absolute Gasteiger partial charge is 0.264 e. The van der Waals surface area contributed by atoms with Crippen LogP contribution in [-0.4, -0.2) is 44.3 Å². The number of ether oxygens (including phenoxy) is 1. The molecule has 8 nitrogen and oxygen atoms in total. The molecule has 44 heavy (non-hydrogen) atoms. The van der Waals surface area contributed by atoms with Gasteiger partial charge in [-0.3, -0.25) is 13.9 Å². The normalized spacial score (nSPS) is 11.8. The number of carbonyl (C=O) groups excluding carboxylic acids is 2. The summed E-state index contributed by atoms with van der Waals surface area (Å²) in [5, 5.41) is 3.37. The summed E-state index contributed by atoms with van der Waals surface area (Å²) in [5.74, 6) is 0.265. The van der Waals surface area contributed by atoms with E-state index < -0.39 is 28.5 Å². The van der Waals surface area contributed by atoms with Gasteiger partial charge in [0.1, 0.15) is 24.1 Å². The monoisotopic (exact) mass is 633 g/mol. The Morgan fingerprint density at radius 1 is 0.864 bits per heavy atom. The van der Waals surface area contributed by atoms with Gasteiger partial charge >= 0.3 is 0 Å². The van der Waals surface area contributed by atoms with E-state index in [1.54, 1.807) is 67.6 Å². The quantitative estimate of drug-likeness (QED) is 0.179. The highest BCUT2D eigenvalue weighted by atomic mass is 35.5. The lowest BCUT2D eigenvalue weighted by Crippen LogP contribution is -2.51. The molecule has 10 heteroatoms. The molecular weight excluding hydrogens is 598 g/mol. The number of carbonyl (C=O) groups is 2. The van der Waals surface area contributed by atoms with E-state index in [0.717, 1.165) is 21.9 Å². The van der Waals surface area contributed by atoms with Gasteiger partial charge in [-0.15, -0.1) is 0 Å². The maximum Gasteiger partial charge on any atom is 0.264 e. The number of hydrogen-bond donors (Lipinski definition) is 1. The Morgan fingerprint density at radius 3 is 2.09 bits per heavy atom. The predicted octanol–water partition coefficient (Wildman–Crippen LogP) is 6.58. The average molecular weight is 634 g/mol. The van der Waals surface area contributed by atoms with Gasteiger partial charge in [0.05, 0.1) is 10.6 Å². The molecule has 0 fully saturated rings. The molecule has 2 amide bonds. The third-order valence-electron chi connectivity index (χ3n) is 6.97. The largest absolute Gasteiger partial charge is 0.457 e. The summed E-state index contributed by atoms with van der Waals surface area (Å²) < 4.78 is 35.0. The summed E-state index contributed by atoms with van der Waals surface area (Å²) in [6, 6.07) is 28.2. The van der Waals surface area contributed by atoms with Crippen LogP contribution in [0.4, 0.5) is 5.69 Å². The molecule has 0 spiro atoms. The van der Waals surface area contributed by atoms with E-state index in [9.17, 15) is 18.0 Å². The molecule has 1 atom stereocenters. The van der Waals surface area contributed by atoms with E-state index in [-0.39, 0.29) is 23.0 Å². The van der Waals surface area contributed by atoms with Crippen LogP contribution in [0.3, 0.4) is 0 Å². The van der Waals surface area contributed by atoms with Gasteiger partial charge in [0.2, 0.25) is 11.8 Å². The molecule has 0 aliphatic carbocycles. The second-order valence-electron chi connectivity index (χ2n) is 10.3. The number of sulfonamides is 1. The lowest BCUT2D eigenvalue weighted by Gasteiger charge is -2.32. The second-order valence-corrected chi connectivity index (χ2v) is 12.6.